The van der Waals surface area contributed by atoms with Gasteiger partial charge in [0.05, 0.1) is 23.8 Å². The molecule has 0 fully saturated rings. The number of non-ortho nitro benzene ring substituents is 1. The number of hydrazone groups is 1. The zero-order valence-corrected chi connectivity index (χ0v) is 16.1. The molecule has 0 saturated carbocycles. The molecule has 0 aliphatic heterocycles. The van der Waals surface area contributed by atoms with E-state index in [1.54, 1.807) is 0 Å². The van der Waals surface area contributed by atoms with Gasteiger partial charge < -0.3 is 9.47 Å². The number of amides is 1. The monoisotopic (exact) mass is 405 g/mol. The van der Waals surface area contributed by atoms with Crippen LogP contribution in [0.25, 0.3) is 0 Å². The summed E-state index contributed by atoms with van der Waals surface area (Å²) in [6.07, 6.45) is 0. The fourth-order valence-corrected chi connectivity index (χ4v) is 2.67. The number of benzene rings is 3. The van der Waals surface area contributed by atoms with Crippen molar-refractivity contribution in [2.45, 2.75) is 0 Å². The van der Waals surface area contributed by atoms with Gasteiger partial charge in [0.2, 0.25) is 0 Å². The number of methoxy groups -OCH3 is 1. The average molecular weight is 405 g/mol. The number of nitro benzene ring substituents is 1. The van der Waals surface area contributed by atoms with Crippen molar-refractivity contribution in [3.05, 3.63) is 100 Å². The number of ether oxygens (including phenoxy) is 2. The summed E-state index contributed by atoms with van der Waals surface area (Å²) in [6, 6.07) is 22.8. The predicted octanol–water partition coefficient (Wildman–Crippen LogP) is 3.55. The lowest BCUT2D eigenvalue weighted by Gasteiger charge is -2.10. The van der Waals surface area contributed by atoms with Crippen LogP contribution in [0.15, 0.2) is 84.0 Å². The highest BCUT2D eigenvalue weighted by Gasteiger charge is 2.14. The highest BCUT2D eigenvalue weighted by atomic mass is 16.6. The Kier molecular flexibility index (Phi) is 6.73. The van der Waals surface area contributed by atoms with E-state index in [1.807, 2.05) is 60.7 Å². The zero-order chi connectivity index (χ0) is 21.3. The van der Waals surface area contributed by atoms with E-state index in [9.17, 15) is 14.9 Å². The summed E-state index contributed by atoms with van der Waals surface area (Å²) in [5.41, 5.74) is 4.58. The van der Waals surface area contributed by atoms with Gasteiger partial charge in [-0.2, -0.15) is 5.10 Å². The molecule has 1 N–H and O–H groups in total. The smallest absolute Gasteiger partial charge is 0.277 e. The van der Waals surface area contributed by atoms with Gasteiger partial charge in [-0.05, 0) is 6.07 Å². The Morgan fingerprint density at radius 1 is 0.967 bits per heavy atom. The summed E-state index contributed by atoms with van der Waals surface area (Å²) < 4.78 is 10.5. The van der Waals surface area contributed by atoms with Crippen LogP contribution in [0.3, 0.4) is 0 Å². The summed E-state index contributed by atoms with van der Waals surface area (Å²) in [5.74, 6) is -0.142. The van der Waals surface area contributed by atoms with Crippen LogP contribution in [0.1, 0.15) is 11.1 Å². The van der Waals surface area contributed by atoms with Gasteiger partial charge in [-0.3, -0.25) is 14.9 Å². The fraction of sp³-hybridized carbons (Fsp3) is 0.0909. The molecule has 0 heterocycles. The van der Waals surface area contributed by atoms with E-state index < -0.39 is 17.4 Å². The topological polar surface area (TPSA) is 103 Å². The molecule has 0 atom stereocenters. The first-order valence-electron chi connectivity index (χ1n) is 9.01. The summed E-state index contributed by atoms with van der Waals surface area (Å²) in [5, 5.41) is 15.2. The third-order valence-corrected chi connectivity index (χ3v) is 4.10. The van der Waals surface area contributed by atoms with Crippen LogP contribution in [0, 0.1) is 10.1 Å². The van der Waals surface area contributed by atoms with E-state index in [0.717, 1.165) is 11.1 Å². The maximum Gasteiger partial charge on any atom is 0.277 e. The number of nitro groups is 1. The first-order valence-corrected chi connectivity index (χ1v) is 9.01. The van der Waals surface area contributed by atoms with E-state index in [-0.39, 0.29) is 17.2 Å². The summed E-state index contributed by atoms with van der Waals surface area (Å²) >= 11 is 0. The molecule has 0 spiro atoms. The number of carbonyl (C=O) groups excluding carboxylic acids is 1. The molecule has 30 heavy (non-hydrogen) atoms. The quantitative estimate of drug-likeness (QED) is 0.351. The van der Waals surface area contributed by atoms with Crippen LogP contribution in [-0.2, 0) is 4.79 Å². The Balaban J connectivity index is 1.74. The Labute approximate surface area is 172 Å². The number of nitrogens with one attached hydrogen (secondary N) is 1. The highest BCUT2D eigenvalue weighted by Crippen LogP contribution is 2.31. The van der Waals surface area contributed by atoms with Crippen molar-refractivity contribution in [2.24, 2.45) is 5.10 Å². The number of hydrogen-bond donors (Lipinski definition) is 1. The zero-order valence-electron chi connectivity index (χ0n) is 16.1. The molecule has 8 heteroatoms. The molecule has 0 aliphatic rings. The first kappa shape index (κ1) is 20.5. The van der Waals surface area contributed by atoms with Crippen molar-refractivity contribution in [2.75, 3.05) is 13.7 Å². The van der Waals surface area contributed by atoms with Gasteiger partial charge in [0.15, 0.2) is 18.1 Å². The molecular weight excluding hydrogens is 386 g/mol. The number of rotatable bonds is 8. The largest absolute Gasteiger partial charge is 0.493 e. The van der Waals surface area contributed by atoms with Crippen LogP contribution >= 0.6 is 0 Å². The molecule has 152 valence electrons. The number of carbonyl (C=O) groups is 1. The molecule has 8 nitrogen and oxygen atoms in total. The molecule has 3 rings (SSSR count). The van der Waals surface area contributed by atoms with Crippen molar-refractivity contribution in [1.82, 2.24) is 5.43 Å². The summed E-state index contributed by atoms with van der Waals surface area (Å²) in [4.78, 5) is 22.7. The third-order valence-electron chi connectivity index (χ3n) is 4.10. The summed E-state index contributed by atoms with van der Waals surface area (Å²) in [7, 11) is 1.41. The minimum absolute atomic E-state index is 0.0946. The van der Waals surface area contributed by atoms with E-state index >= 15 is 0 Å². The maximum absolute atomic E-state index is 12.3. The SMILES string of the molecule is COc1ccc([N+](=O)[O-])cc1OCC(=O)NN=C(c1ccccc1)c1ccccc1. The number of nitrogens with zero attached hydrogens (tertiary/aromatic N) is 2. The lowest BCUT2D eigenvalue weighted by atomic mass is 10.0. The van der Waals surface area contributed by atoms with Gasteiger partial charge in [0, 0.05) is 17.2 Å². The van der Waals surface area contributed by atoms with Crippen molar-refractivity contribution in [3.8, 4) is 11.5 Å². The lowest BCUT2D eigenvalue weighted by Crippen LogP contribution is -2.26. The van der Waals surface area contributed by atoms with Crippen LogP contribution in [0.5, 0.6) is 11.5 Å². The van der Waals surface area contributed by atoms with E-state index in [4.69, 9.17) is 9.47 Å². The Bertz CT molecular complexity index is 1010. The molecule has 0 aliphatic carbocycles. The predicted molar refractivity (Wildman–Crippen MR) is 112 cm³/mol. The van der Waals surface area contributed by atoms with Crippen molar-refractivity contribution in [3.63, 3.8) is 0 Å². The molecule has 3 aromatic carbocycles. The van der Waals surface area contributed by atoms with E-state index in [2.05, 4.69) is 10.5 Å². The molecular formula is C22H19N3O5. The Morgan fingerprint density at radius 2 is 1.57 bits per heavy atom. The van der Waals surface area contributed by atoms with Gasteiger partial charge >= 0.3 is 0 Å². The second-order valence-electron chi connectivity index (χ2n) is 6.11. The molecule has 0 aromatic heterocycles. The van der Waals surface area contributed by atoms with Crippen molar-refractivity contribution < 1.29 is 19.2 Å². The Morgan fingerprint density at radius 3 is 2.10 bits per heavy atom. The van der Waals surface area contributed by atoms with Crippen LogP contribution in [-0.4, -0.2) is 30.3 Å². The molecule has 3 aromatic rings. The lowest BCUT2D eigenvalue weighted by molar-refractivity contribution is -0.385. The van der Waals surface area contributed by atoms with Gasteiger partial charge in [0.25, 0.3) is 11.6 Å². The molecule has 0 unspecified atom stereocenters. The van der Waals surface area contributed by atoms with Gasteiger partial charge in [-0.15, -0.1) is 0 Å². The molecule has 0 saturated heterocycles. The van der Waals surface area contributed by atoms with Crippen molar-refractivity contribution >= 4 is 17.3 Å². The molecule has 0 bridgehead atoms. The van der Waals surface area contributed by atoms with Crippen LogP contribution in [0.2, 0.25) is 0 Å². The fourth-order valence-electron chi connectivity index (χ4n) is 2.67. The standard InChI is InChI=1S/C22H19N3O5/c1-29-19-13-12-18(25(27)28)14-20(19)30-15-21(26)23-24-22(16-8-4-2-5-9-16)17-10-6-3-7-11-17/h2-14H,15H2,1H3,(H,23,26). The van der Waals surface area contributed by atoms with E-state index in [0.29, 0.717) is 5.71 Å². The number of hydrogen-bond acceptors (Lipinski definition) is 6. The molecule has 1 amide bonds. The normalized spacial score (nSPS) is 10.0. The van der Waals surface area contributed by atoms with Gasteiger partial charge in [-0.1, -0.05) is 60.7 Å². The van der Waals surface area contributed by atoms with Crippen molar-refractivity contribution in [1.29, 1.82) is 0 Å². The first-order chi connectivity index (χ1) is 14.6. The molecule has 0 radical (unpaired) electrons. The average Bonchev–Trinajstić information content (AvgIpc) is 2.79. The van der Waals surface area contributed by atoms with E-state index in [1.165, 1.54) is 25.3 Å². The van der Waals surface area contributed by atoms with Gasteiger partial charge in [-0.25, -0.2) is 5.43 Å². The highest BCUT2D eigenvalue weighted by molar-refractivity contribution is 6.13. The summed E-state index contributed by atoms with van der Waals surface area (Å²) in [6.45, 7) is -0.391. The van der Waals surface area contributed by atoms with Crippen LogP contribution < -0.4 is 14.9 Å². The minimum Gasteiger partial charge on any atom is -0.493 e. The maximum atomic E-state index is 12.3. The minimum atomic E-state index is -0.553. The Hall–Kier alpha value is -4.20. The van der Waals surface area contributed by atoms with Crippen LogP contribution in [0.4, 0.5) is 5.69 Å². The second-order valence-corrected chi connectivity index (χ2v) is 6.11. The van der Waals surface area contributed by atoms with Gasteiger partial charge in [0.1, 0.15) is 0 Å². The second kappa shape index (κ2) is 9.83. The third kappa shape index (κ3) is 5.20.